The SMILES string of the molecule is N#Cc1cc(C(CCN)n2ccnc2)ccc1F. The molecule has 18 heavy (non-hydrogen) atoms. The van der Waals surface area contributed by atoms with Gasteiger partial charge in [0.25, 0.3) is 0 Å². The average molecular weight is 244 g/mol. The molecule has 1 unspecified atom stereocenters. The van der Waals surface area contributed by atoms with Crippen LogP contribution in [0.3, 0.4) is 0 Å². The second kappa shape index (κ2) is 5.43. The molecule has 1 aromatic carbocycles. The van der Waals surface area contributed by atoms with Crippen LogP contribution >= 0.6 is 0 Å². The molecule has 0 amide bonds. The van der Waals surface area contributed by atoms with E-state index in [0.29, 0.717) is 13.0 Å². The summed E-state index contributed by atoms with van der Waals surface area (Å²) in [5.41, 5.74) is 6.51. The van der Waals surface area contributed by atoms with E-state index in [1.54, 1.807) is 24.7 Å². The van der Waals surface area contributed by atoms with Crippen LogP contribution in [0.5, 0.6) is 0 Å². The number of nitrogens with zero attached hydrogens (tertiary/aromatic N) is 3. The normalized spacial score (nSPS) is 12.1. The molecule has 0 spiro atoms. The maximum absolute atomic E-state index is 13.3. The molecular formula is C13H13FN4. The fourth-order valence-corrected chi connectivity index (χ4v) is 1.94. The minimum Gasteiger partial charge on any atom is -0.330 e. The van der Waals surface area contributed by atoms with Crippen LogP contribution in [0.1, 0.15) is 23.6 Å². The predicted molar refractivity (Wildman–Crippen MR) is 65.2 cm³/mol. The molecule has 1 heterocycles. The van der Waals surface area contributed by atoms with Gasteiger partial charge in [-0.2, -0.15) is 5.26 Å². The summed E-state index contributed by atoms with van der Waals surface area (Å²) < 4.78 is 15.2. The number of halogens is 1. The Morgan fingerprint density at radius 3 is 2.94 bits per heavy atom. The summed E-state index contributed by atoms with van der Waals surface area (Å²) in [6, 6.07) is 6.38. The van der Waals surface area contributed by atoms with E-state index >= 15 is 0 Å². The Morgan fingerprint density at radius 1 is 1.50 bits per heavy atom. The summed E-state index contributed by atoms with van der Waals surface area (Å²) in [5, 5.41) is 8.85. The van der Waals surface area contributed by atoms with Gasteiger partial charge in [0.1, 0.15) is 11.9 Å². The molecule has 1 atom stereocenters. The zero-order chi connectivity index (χ0) is 13.0. The molecule has 0 aliphatic heterocycles. The van der Waals surface area contributed by atoms with Crippen molar-refractivity contribution in [1.29, 1.82) is 5.26 Å². The Morgan fingerprint density at radius 2 is 2.33 bits per heavy atom. The van der Waals surface area contributed by atoms with Gasteiger partial charge in [-0.1, -0.05) is 6.07 Å². The summed E-state index contributed by atoms with van der Waals surface area (Å²) >= 11 is 0. The number of hydrogen-bond donors (Lipinski definition) is 1. The number of nitrogens with two attached hydrogens (primary N) is 1. The van der Waals surface area contributed by atoms with Gasteiger partial charge in [-0.05, 0) is 30.7 Å². The fourth-order valence-electron chi connectivity index (χ4n) is 1.94. The molecule has 0 bridgehead atoms. The maximum atomic E-state index is 13.3. The lowest BCUT2D eigenvalue weighted by molar-refractivity contribution is 0.544. The molecule has 0 aliphatic rings. The van der Waals surface area contributed by atoms with Crippen LogP contribution in [0, 0.1) is 17.1 Å². The first-order valence-corrected chi connectivity index (χ1v) is 5.63. The summed E-state index contributed by atoms with van der Waals surface area (Å²) in [5.74, 6) is -0.502. The van der Waals surface area contributed by atoms with E-state index in [-0.39, 0.29) is 11.6 Å². The Balaban J connectivity index is 2.40. The van der Waals surface area contributed by atoms with E-state index in [1.807, 2.05) is 16.8 Å². The van der Waals surface area contributed by atoms with Gasteiger partial charge < -0.3 is 10.3 Å². The number of rotatable bonds is 4. The molecule has 92 valence electrons. The largest absolute Gasteiger partial charge is 0.330 e. The first-order chi connectivity index (χ1) is 8.76. The third-order valence-corrected chi connectivity index (χ3v) is 2.82. The van der Waals surface area contributed by atoms with Crippen LogP contribution in [0.4, 0.5) is 4.39 Å². The fraction of sp³-hybridized carbons (Fsp3) is 0.231. The van der Waals surface area contributed by atoms with Crippen LogP contribution in [-0.4, -0.2) is 16.1 Å². The standard InChI is InChI=1S/C13H13FN4/c14-12-2-1-10(7-11(12)8-16)13(3-4-15)18-6-5-17-9-18/h1-2,5-7,9,13H,3-4,15H2. The van der Waals surface area contributed by atoms with Gasteiger partial charge in [0, 0.05) is 12.4 Å². The van der Waals surface area contributed by atoms with Crippen LogP contribution in [0.15, 0.2) is 36.9 Å². The quantitative estimate of drug-likeness (QED) is 0.892. The van der Waals surface area contributed by atoms with Crippen molar-refractivity contribution < 1.29 is 4.39 Å². The van der Waals surface area contributed by atoms with Crippen molar-refractivity contribution in [2.24, 2.45) is 5.73 Å². The van der Waals surface area contributed by atoms with E-state index in [2.05, 4.69) is 4.98 Å². The third-order valence-electron chi connectivity index (χ3n) is 2.82. The zero-order valence-corrected chi connectivity index (χ0v) is 9.75. The minimum atomic E-state index is -0.502. The van der Waals surface area contributed by atoms with E-state index in [4.69, 9.17) is 11.0 Å². The second-order valence-electron chi connectivity index (χ2n) is 3.95. The number of imidazole rings is 1. The number of benzene rings is 1. The lowest BCUT2D eigenvalue weighted by atomic mass is 10.0. The van der Waals surface area contributed by atoms with Gasteiger partial charge in [-0.15, -0.1) is 0 Å². The lowest BCUT2D eigenvalue weighted by Crippen LogP contribution is -2.14. The lowest BCUT2D eigenvalue weighted by Gasteiger charge is -2.18. The maximum Gasteiger partial charge on any atom is 0.140 e. The Bertz CT molecular complexity index is 557. The molecular weight excluding hydrogens is 231 g/mol. The highest BCUT2D eigenvalue weighted by atomic mass is 19.1. The Labute approximate surface area is 104 Å². The molecule has 4 nitrogen and oxygen atoms in total. The van der Waals surface area contributed by atoms with E-state index in [0.717, 1.165) is 5.56 Å². The average Bonchev–Trinajstić information content (AvgIpc) is 2.90. The van der Waals surface area contributed by atoms with Crippen molar-refractivity contribution in [1.82, 2.24) is 9.55 Å². The van der Waals surface area contributed by atoms with Crippen molar-refractivity contribution in [2.75, 3.05) is 6.54 Å². The van der Waals surface area contributed by atoms with Crippen molar-refractivity contribution >= 4 is 0 Å². The molecule has 2 rings (SSSR count). The van der Waals surface area contributed by atoms with E-state index in [1.165, 1.54) is 6.07 Å². The summed E-state index contributed by atoms with van der Waals surface area (Å²) in [7, 11) is 0. The minimum absolute atomic E-state index is 0.0230. The highest BCUT2D eigenvalue weighted by molar-refractivity contribution is 5.36. The number of hydrogen-bond acceptors (Lipinski definition) is 3. The summed E-state index contributed by atoms with van der Waals surface area (Å²) in [6.45, 7) is 0.502. The molecule has 1 aromatic heterocycles. The molecule has 0 fully saturated rings. The van der Waals surface area contributed by atoms with E-state index in [9.17, 15) is 4.39 Å². The van der Waals surface area contributed by atoms with Crippen molar-refractivity contribution in [3.05, 3.63) is 53.9 Å². The van der Waals surface area contributed by atoms with Gasteiger partial charge in [0.15, 0.2) is 0 Å². The van der Waals surface area contributed by atoms with Crippen LogP contribution in [-0.2, 0) is 0 Å². The van der Waals surface area contributed by atoms with Gasteiger partial charge in [0.2, 0.25) is 0 Å². The summed E-state index contributed by atoms with van der Waals surface area (Å²) in [6.07, 6.45) is 5.90. The molecule has 5 heteroatoms. The first-order valence-electron chi connectivity index (χ1n) is 5.63. The topological polar surface area (TPSA) is 67.6 Å². The van der Waals surface area contributed by atoms with E-state index < -0.39 is 5.82 Å². The summed E-state index contributed by atoms with van der Waals surface area (Å²) in [4.78, 5) is 3.99. The molecule has 0 aliphatic carbocycles. The van der Waals surface area contributed by atoms with Crippen molar-refractivity contribution in [3.8, 4) is 6.07 Å². The molecule has 0 radical (unpaired) electrons. The second-order valence-corrected chi connectivity index (χ2v) is 3.95. The number of aromatic nitrogens is 2. The van der Waals surface area contributed by atoms with Crippen LogP contribution in [0.25, 0.3) is 0 Å². The van der Waals surface area contributed by atoms with Gasteiger partial charge in [-0.25, -0.2) is 9.37 Å². The number of nitriles is 1. The van der Waals surface area contributed by atoms with Gasteiger partial charge in [-0.3, -0.25) is 0 Å². The molecule has 2 aromatic rings. The zero-order valence-electron chi connectivity index (χ0n) is 9.75. The third kappa shape index (κ3) is 2.39. The Kier molecular flexibility index (Phi) is 3.70. The van der Waals surface area contributed by atoms with Crippen LogP contribution < -0.4 is 5.73 Å². The molecule has 2 N–H and O–H groups in total. The van der Waals surface area contributed by atoms with Crippen molar-refractivity contribution in [3.63, 3.8) is 0 Å². The van der Waals surface area contributed by atoms with Crippen molar-refractivity contribution in [2.45, 2.75) is 12.5 Å². The smallest absolute Gasteiger partial charge is 0.140 e. The van der Waals surface area contributed by atoms with Gasteiger partial charge in [0.05, 0.1) is 17.9 Å². The van der Waals surface area contributed by atoms with Gasteiger partial charge >= 0.3 is 0 Å². The highest BCUT2D eigenvalue weighted by Gasteiger charge is 2.14. The predicted octanol–water partition coefficient (Wildman–Crippen LogP) is 1.83. The first kappa shape index (κ1) is 12.3. The monoisotopic (exact) mass is 244 g/mol. The molecule has 0 saturated carbocycles. The Hall–Kier alpha value is -2.19. The highest BCUT2D eigenvalue weighted by Crippen LogP contribution is 2.23. The molecule has 0 saturated heterocycles. The van der Waals surface area contributed by atoms with Crippen LogP contribution in [0.2, 0.25) is 0 Å².